The van der Waals surface area contributed by atoms with E-state index in [0.29, 0.717) is 13.2 Å². The Morgan fingerprint density at radius 1 is 1.00 bits per heavy atom. The van der Waals surface area contributed by atoms with Gasteiger partial charge in [0.1, 0.15) is 11.5 Å². The van der Waals surface area contributed by atoms with Crippen LogP contribution in [0.5, 0.6) is 11.5 Å². The largest absolute Gasteiger partial charge is 0.497 e. The zero-order valence-electron chi connectivity index (χ0n) is 17.5. The van der Waals surface area contributed by atoms with Crippen LogP contribution in [0.15, 0.2) is 54.7 Å². The standard InChI is InChI=1S/C20H23N3O2.C2H2O4/c1-4-25-18-9-5-15(6-10-18)13-21-20-22-14-19(23(20)2)16-7-11-17(24-3)12-8-16;3-1(4)2(5)6/h5-12,14H,4,13H2,1-3H3,(H,21,22);(H,3,4)(H,5,6). The number of aromatic nitrogens is 2. The van der Waals surface area contributed by atoms with E-state index in [1.807, 2.05) is 56.6 Å². The fourth-order valence-corrected chi connectivity index (χ4v) is 2.66. The first-order valence-electron chi connectivity index (χ1n) is 9.43. The lowest BCUT2D eigenvalue weighted by molar-refractivity contribution is -0.159. The van der Waals surface area contributed by atoms with Crippen LogP contribution < -0.4 is 14.8 Å². The highest BCUT2D eigenvalue weighted by Crippen LogP contribution is 2.24. The van der Waals surface area contributed by atoms with Crippen molar-refractivity contribution in [3.8, 4) is 22.8 Å². The summed E-state index contributed by atoms with van der Waals surface area (Å²) < 4.78 is 12.7. The van der Waals surface area contributed by atoms with Crippen LogP contribution >= 0.6 is 0 Å². The number of carbonyl (C=O) groups is 2. The van der Waals surface area contributed by atoms with Gasteiger partial charge >= 0.3 is 11.9 Å². The molecule has 0 unspecified atom stereocenters. The molecular weight excluding hydrogens is 402 g/mol. The molecule has 0 spiro atoms. The number of nitrogens with zero attached hydrogens (tertiary/aromatic N) is 2. The van der Waals surface area contributed by atoms with Crippen LogP contribution in [0.1, 0.15) is 12.5 Å². The maximum Gasteiger partial charge on any atom is 0.414 e. The highest BCUT2D eigenvalue weighted by Gasteiger charge is 2.08. The lowest BCUT2D eigenvalue weighted by Crippen LogP contribution is -2.09. The van der Waals surface area contributed by atoms with Crippen LogP contribution in [0, 0.1) is 0 Å². The fraction of sp³-hybridized carbons (Fsp3) is 0.227. The molecule has 3 N–H and O–H groups in total. The topological polar surface area (TPSA) is 123 Å². The van der Waals surface area contributed by atoms with Crippen molar-refractivity contribution in [1.29, 1.82) is 0 Å². The maximum atomic E-state index is 9.10. The van der Waals surface area contributed by atoms with Gasteiger partial charge in [-0.1, -0.05) is 12.1 Å². The van der Waals surface area contributed by atoms with E-state index in [-0.39, 0.29) is 0 Å². The first kappa shape index (κ1) is 23.3. The average Bonchev–Trinajstić information content (AvgIpc) is 3.14. The highest BCUT2D eigenvalue weighted by atomic mass is 16.5. The predicted molar refractivity (Wildman–Crippen MR) is 115 cm³/mol. The Morgan fingerprint density at radius 3 is 2.10 bits per heavy atom. The fourth-order valence-electron chi connectivity index (χ4n) is 2.66. The normalized spacial score (nSPS) is 9.90. The number of benzene rings is 2. The van der Waals surface area contributed by atoms with Crippen LogP contribution in [0.4, 0.5) is 5.95 Å². The van der Waals surface area contributed by atoms with Gasteiger partial charge in [-0.05, 0) is 48.9 Å². The number of anilines is 1. The van der Waals surface area contributed by atoms with Crippen molar-refractivity contribution < 1.29 is 29.3 Å². The number of nitrogens with one attached hydrogen (secondary N) is 1. The van der Waals surface area contributed by atoms with Gasteiger partial charge < -0.3 is 29.6 Å². The second-order valence-corrected chi connectivity index (χ2v) is 6.30. The Balaban J connectivity index is 0.000000501. The monoisotopic (exact) mass is 427 g/mol. The third kappa shape index (κ3) is 6.77. The molecule has 0 fully saturated rings. The number of methoxy groups -OCH3 is 1. The Morgan fingerprint density at radius 2 is 1.58 bits per heavy atom. The van der Waals surface area contributed by atoms with Gasteiger partial charge in [-0.25, -0.2) is 14.6 Å². The molecule has 3 rings (SSSR count). The number of carboxylic acid groups (broad SMARTS) is 2. The van der Waals surface area contributed by atoms with Crippen molar-refractivity contribution in [1.82, 2.24) is 9.55 Å². The lowest BCUT2D eigenvalue weighted by Gasteiger charge is -2.09. The van der Waals surface area contributed by atoms with Gasteiger partial charge in [0.2, 0.25) is 5.95 Å². The van der Waals surface area contributed by atoms with Gasteiger partial charge in [-0.15, -0.1) is 0 Å². The minimum Gasteiger partial charge on any atom is -0.497 e. The summed E-state index contributed by atoms with van der Waals surface area (Å²) in [4.78, 5) is 22.7. The second kappa shape index (κ2) is 11.2. The molecule has 0 bridgehead atoms. The minimum atomic E-state index is -1.82. The number of hydrogen-bond donors (Lipinski definition) is 3. The summed E-state index contributed by atoms with van der Waals surface area (Å²) in [6.07, 6.45) is 1.88. The van der Waals surface area contributed by atoms with Gasteiger partial charge in [-0.2, -0.15) is 0 Å². The zero-order valence-corrected chi connectivity index (χ0v) is 17.5. The highest BCUT2D eigenvalue weighted by molar-refractivity contribution is 6.27. The van der Waals surface area contributed by atoms with E-state index in [9.17, 15) is 0 Å². The molecule has 0 aliphatic heterocycles. The van der Waals surface area contributed by atoms with Gasteiger partial charge in [-0.3, -0.25) is 0 Å². The molecule has 164 valence electrons. The summed E-state index contributed by atoms with van der Waals surface area (Å²) >= 11 is 0. The van der Waals surface area contributed by atoms with Gasteiger partial charge in [0.25, 0.3) is 0 Å². The molecule has 9 nitrogen and oxygen atoms in total. The van der Waals surface area contributed by atoms with Crippen LogP contribution in [0.25, 0.3) is 11.3 Å². The van der Waals surface area contributed by atoms with Gasteiger partial charge in [0.15, 0.2) is 0 Å². The average molecular weight is 427 g/mol. The summed E-state index contributed by atoms with van der Waals surface area (Å²) in [6, 6.07) is 16.1. The molecule has 0 amide bonds. The number of hydrogen-bond acceptors (Lipinski definition) is 6. The molecule has 0 radical (unpaired) electrons. The molecule has 2 aromatic carbocycles. The van der Waals surface area contributed by atoms with Crippen molar-refractivity contribution >= 4 is 17.9 Å². The number of ether oxygens (including phenoxy) is 2. The van der Waals surface area contributed by atoms with E-state index in [0.717, 1.165) is 28.7 Å². The molecule has 31 heavy (non-hydrogen) atoms. The van der Waals surface area contributed by atoms with Crippen molar-refractivity contribution in [3.05, 3.63) is 60.3 Å². The van der Waals surface area contributed by atoms with E-state index in [4.69, 9.17) is 29.3 Å². The molecule has 0 saturated carbocycles. The SMILES string of the molecule is CCOc1ccc(CNc2ncc(-c3ccc(OC)cc3)n2C)cc1.O=C(O)C(=O)O. The Kier molecular flexibility index (Phi) is 8.44. The van der Waals surface area contributed by atoms with E-state index < -0.39 is 11.9 Å². The lowest BCUT2D eigenvalue weighted by atomic mass is 10.1. The van der Waals surface area contributed by atoms with Crippen LogP contribution in [0.3, 0.4) is 0 Å². The van der Waals surface area contributed by atoms with E-state index >= 15 is 0 Å². The number of aliphatic carboxylic acids is 2. The van der Waals surface area contributed by atoms with Crippen molar-refractivity contribution in [3.63, 3.8) is 0 Å². The van der Waals surface area contributed by atoms with Crippen LogP contribution in [-0.2, 0) is 23.2 Å². The summed E-state index contributed by atoms with van der Waals surface area (Å²) in [5.41, 5.74) is 3.33. The molecule has 3 aromatic rings. The summed E-state index contributed by atoms with van der Waals surface area (Å²) in [5, 5.41) is 18.2. The molecule has 9 heteroatoms. The minimum absolute atomic E-state index is 0.680. The maximum absolute atomic E-state index is 9.10. The van der Waals surface area contributed by atoms with Crippen LogP contribution in [0.2, 0.25) is 0 Å². The van der Waals surface area contributed by atoms with Crippen molar-refractivity contribution in [2.45, 2.75) is 13.5 Å². The molecule has 1 aromatic heterocycles. The third-order valence-corrected chi connectivity index (χ3v) is 4.24. The Labute approximate surface area is 179 Å². The molecule has 0 aliphatic rings. The first-order chi connectivity index (χ1) is 14.8. The number of rotatable bonds is 7. The molecule has 0 aliphatic carbocycles. The van der Waals surface area contributed by atoms with E-state index in [1.165, 1.54) is 5.56 Å². The summed E-state index contributed by atoms with van der Waals surface area (Å²) in [7, 11) is 3.68. The van der Waals surface area contributed by atoms with Gasteiger partial charge in [0, 0.05) is 19.2 Å². The van der Waals surface area contributed by atoms with Crippen LogP contribution in [-0.4, -0.2) is 45.4 Å². The number of carboxylic acids is 2. The first-order valence-corrected chi connectivity index (χ1v) is 9.43. The Bertz CT molecular complexity index is 985. The molecule has 0 saturated heterocycles. The van der Waals surface area contributed by atoms with Crippen molar-refractivity contribution in [2.75, 3.05) is 19.0 Å². The third-order valence-electron chi connectivity index (χ3n) is 4.24. The quantitative estimate of drug-likeness (QED) is 0.491. The smallest absolute Gasteiger partial charge is 0.414 e. The summed E-state index contributed by atoms with van der Waals surface area (Å²) in [5.74, 6) is -1.07. The van der Waals surface area contributed by atoms with Gasteiger partial charge in [0.05, 0.1) is 25.6 Å². The Hall–Kier alpha value is -4.01. The molecular formula is C22H25N3O6. The molecule has 1 heterocycles. The molecule has 0 atom stereocenters. The number of imidazole rings is 1. The predicted octanol–water partition coefficient (Wildman–Crippen LogP) is 3.26. The summed E-state index contributed by atoms with van der Waals surface area (Å²) in [6.45, 7) is 3.37. The van der Waals surface area contributed by atoms with E-state index in [1.54, 1.807) is 7.11 Å². The zero-order chi connectivity index (χ0) is 22.8. The second-order valence-electron chi connectivity index (χ2n) is 6.30. The van der Waals surface area contributed by atoms with Crippen molar-refractivity contribution in [2.24, 2.45) is 7.05 Å². The van der Waals surface area contributed by atoms with E-state index in [2.05, 4.69) is 27.0 Å².